The van der Waals surface area contributed by atoms with Crippen LogP contribution in [0, 0.1) is 6.92 Å². The summed E-state index contributed by atoms with van der Waals surface area (Å²) in [6, 6.07) is 8.36. The minimum Gasteiger partial charge on any atom is -0.280 e. The second kappa shape index (κ2) is 5.07. The van der Waals surface area contributed by atoms with E-state index in [9.17, 15) is 8.42 Å². The fraction of sp³-hybridized carbons (Fsp3) is 0.0833. The Morgan fingerprint density at radius 3 is 2.67 bits per heavy atom. The number of nitrogens with one attached hydrogen (secondary N) is 1. The molecule has 0 amide bonds. The molecule has 6 heteroatoms. The summed E-state index contributed by atoms with van der Waals surface area (Å²) in [6.45, 7) is 1.93. The highest BCUT2D eigenvalue weighted by molar-refractivity contribution is 9.10. The van der Waals surface area contributed by atoms with Gasteiger partial charge in [-0.2, -0.15) is 0 Å². The van der Waals surface area contributed by atoms with Crippen molar-refractivity contribution >= 4 is 31.6 Å². The lowest BCUT2D eigenvalue weighted by atomic mass is 10.2. The topological polar surface area (TPSA) is 59.1 Å². The van der Waals surface area contributed by atoms with Gasteiger partial charge in [-0.05, 0) is 36.8 Å². The molecule has 2 aromatic rings. The third-order valence-electron chi connectivity index (χ3n) is 2.37. The van der Waals surface area contributed by atoms with E-state index in [0.717, 1.165) is 10.0 Å². The molecule has 18 heavy (non-hydrogen) atoms. The lowest BCUT2D eigenvalue weighted by molar-refractivity contribution is 0.601. The van der Waals surface area contributed by atoms with Gasteiger partial charge in [0.2, 0.25) is 0 Å². The van der Waals surface area contributed by atoms with E-state index >= 15 is 0 Å². The Morgan fingerprint density at radius 1 is 1.28 bits per heavy atom. The van der Waals surface area contributed by atoms with Crippen molar-refractivity contribution in [3.63, 3.8) is 0 Å². The number of sulfonamides is 1. The first-order valence-corrected chi connectivity index (χ1v) is 7.46. The molecule has 1 N–H and O–H groups in total. The number of aromatic nitrogens is 1. The standard InChI is InChI=1S/C12H11BrN2O2S/c1-9-4-5-10(7-12(9)13)15-18(16,17)11-3-2-6-14-8-11/h2-8,15H,1H3. The van der Waals surface area contributed by atoms with E-state index in [-0.39, 0.29) is 4.90 Å². The summed E-state index contributed by atoms with van der Waals surface area (Å²) >= 11 is 3.36. The summed E-state index contributed by atoms with van der Waals surface area (Å²) in [7, 11) is -3.58. The number of nitrogens with zero attached hydrogens (tertiary/aromatic N) is 1. The Kier molecular flexibility index (Phi) is 3.68. The maximum Gasteiger partial charge on any atom is 0.263 e. The summed E-state index contributed by atoms with van der Waals surface area (Å²) in [5.41, 5.74) is 1.55. The van der Waals surface area contributed by atoms with Crippen molar-refractivity contribution in [2.45, 2.75) is 11.8 Å². The van der Waals surface area contributed by atoms with E-state index in [1.807, 2.05) is 13.0 Å². The van der Waals surface area contributed by atoms with Crippen LogP contribution in [0.4, 0.5) is 5.69 Å². The molecule has 2 rings (SSSR count). The molecule has 0 bridgehead atoms. The number of hydrogen-bond donors (Lipinski definition) is 1. The molecule has 0 radical (unpaired) electrons. The molecule has 0 aliphatic heterocycles. The Balaban J connectivity index is 2.31. The Hall–Kier alpha value is -1.40. The van der Waals surface area contributed by atoms with Crippen molar-refractivity contribution in [1.29, 1.82) is 0 Å². The number of aryl methyl sites for hydroxylation is 1. The average Bonchev–Trinajstić information content (AvgIpc) is 2.35. The van der Waals surface area contributed by atoms with Gasteiger partial charge in [-0.3, -0.25) is 9.71 Å². The van der Waals surface area contributed by atoms with Crippen LogP contribution in [0.2, 0.25) is 0 Å². The maximum atomic E-state index is 12.0. The van der Waals surface area contributed by atoms with E-state index in [0.29, 0.717) is 5.69 Å². The average molecular weight is 327 g/mol. The number of rotatable bonds is 3. The smallest absolute Gasteiger partial charge is 0.263 e. The van der Waals surface area contributed by atoms with Gasteiger partial charge in [0.25, 0.3) is 10.0 Å². The van der Waals surface area contributed by atoms with Crippen molar-refractivity contribution in [3.8, 4) is 0 Å². The molecule has 0 spiro atoms. The molecule has 94 valence electrons. The lowest BCUT2D eigenvalue weighted by Gasteiger charge is -2.08. The quantitative estimate of drug-likeness (QED) is 0.943. The third-order valence-corrected chi connectivity index (χ3v) is 4.59. The number of halogens is 1. The van der Waals surface area contributed by atoms with Gasteiger partial charge in [0.15, 0.2) is 0 Å². The maximum absolute atomic E-state index is 12.0. The van der Waals surface area contributed by atoms with E-state index < -0.39 is 10.0 Å². The highest BCUT2D eigenvalue weighted by Gasteiger charge is 2.14. The van der Waals surface area contributed by atoms with E-state index in [1.54, 1.807) is 18.2 Å². The minimum absolute atomic E-state index is 0.140. The van der Waals surface area contributed by atoms with Crippen LogP contribution in [0.15, 0.2) is 52.1 Å². The third kappa shape index (κ3) is 2.88. The molecule has 0 aliphatic rings. The van der Waals surface area contributed by atoms with Crippen molar-refractivity contribution in [2.75, 3.05) is 4.72 Å². The molecule has 0 atom stereocenters. The lowest BCUT2D eigenvalue weighted by Crippen LogP contribution is -2.13. The highest BCUT2D eigenvalue weighted by atomic mass is 79.9. The summed E-state index contributed by atoms with van der Waals surface area (Å²) in [5, 5.41) is 0. The molecule has 1 heterocycles. The van der Waals surface area contributed by atoms with Crippen molar-refractivity contribution in [3.05, 3.63) is 52.8 Å². The minimum atomic E-state index is -3.58. The van der Waals surface area contributed by atoms with E-state index in [1.165, 1.54) is 18.5 Å². The summed E-state index contributed by atoms with van der Waals surface area (Å²) in [4.78, 5) is 3.94. The fourth-order valence-corrected chi connectivity index (χ4v) is 2.77. The van der Waals surface area contributed by atoms with Crippen LogP contribution in [0.1, 0.15) is 5.56 Å². The van der Waals surface area contributed by atoms with Crippen molar-refractivity contribution in [1.82, 2.24) is 4.98 Å². The number of benzene rings is 1. The predicted octanol–water partition coefficient (Wildman–Crippen LogP) is 2.95. The van der Waals surface area contributed by atoms with Crippen LogP contribution in [0.3, 0.4) is 0 Å². The van der Waals surface area contributed by atoms with E-state index in [4.69, 9.17) is 0 Å². The zero-order valence-corrected chi connectivity index (χ0v) is 12.0. The molecule has 0 saturated heterocycles. The Morgan fingerprint density at radius 2 is 2.06 bits per heavy atom. The van der Waals surface area contributed by atoms with Crippen LogP contribution < -0.4 is 4.72 Å². The molecular formula is C12H11BrN2O2S. The zero-order valence-electron chi connectivity index (χ0n) is 9.59. The van der Waals surface area contributed by atoms with E-state index in [2.05, 4.69) is 25.6 Å². The molecule has 0 aliphatic carbocycles. The largest absolute Gasteiger partial charge is 0.280 e. The number of anilines is 1. The van der Waals surface area contributed by atoms with Gasteiger partial charge in [-0.25, -0.2) is 8.42 Å². The Labute approximate surface area is 114 Å². The van der Waals surface area contributed by atoms with Crippen LogP contribution >= 0.6 is 15.9 Å². The molecule has 4 nitrogen and oxygen atoms in total. The van der Waals surface area contributed by atoms with Crippen LogP contribution in [0.25, 0.3) is 0 Å². The van der Waals surface area contributed by atoms with Gasteiger partial charge in [0.1, 0.15) is 4.90 Å². The summed E-state index contributed by atoms with van der Waals surface area (Å²) < 4.78 is 27.4. The normalized spacial score (nSPS) is 11.2. The predicted molar refractivity (Wildman–Crippen MR) is 73.9 cm³/mol. The number of pyridine rings is 1. The second-order valence-electron chi connectivity index (χ2n) is 3.76. The van der Waals surface area contributed by atoms with Crippen LogP contribution in [-0.4, -0.2) is 13.4 Å². The van der Waals surface area contributed by atoms with Gasteiger partial charge >= 0.3 is 0 Å². The molecule has 0 fully saturated rings. The molecule has 1 aromatic carbocycles. The molecular weight excluding hydrogens is 316 g/mol. The van der Waals surface area contributed by atoms with Gasteiger partial charge in [0.05, 0.1) is 0 Å². The second-order valence-corrected chi connectivity index (χ2v) is 6.29. The molecule has 0 unspecified atom stereocenters. The van der Waals surface area contributed by atoms with Crippen LogP contribution in [0.5, 0.6) is 0 Å². The SMILES string of the molecule is Cc1ccc(NS(=O)(=O)c2cccnc2)cc1Br. The zero-order chi connectivity index (χ0) is 13.2. The fourth-order valence-electron chi connectivity index (χ4n) is 1.38. The van der Waals surface area contributed by atoms with Gasteiger partial charge in [0, 0.05) is 22.6 Å². The van der Waals surface area contributed by atoms with Gasteiger partial charge < -0.3 is 0 Å². The van der Waals surface area contributed by atoms with Crippen molar-refractivity contribution in [2.24, 2.45) is 0 Å². The summed E-state index contributed by atoms with van der Waals surface area (Å²) in [6.07, 6.45) is 2.84. The van der Waals surface area contributed by atoms with Gasteiger partial charge in [-0.1, -0.05) is 22.0 Å². The first-order chi connectivity index (χ1) is 8.49. The molecule has 0 saturated carbocycles. The monoisotopic (exact) mass is 326 g/mol. The molecule has 1 aromatic heterocycles. The number of hydrogen-bond acceptors (Lipinski definition) is 3. The Bertz CT molecular complexity index is 657. The summed E-state index contributed by atoms with van der Waals surface area (Å²) in [5.74, 6) is 0. The van der Waals surface area contributed by atoms with Crippen molar-refractivity contribution < 1.29 is 8.42 Å². The van der Waals surface area contributed by atoms with Crippen LogP contribution in [-0.2, 0) is 10.0 Å². The van der Waals surface area contributed by atoms with Gasteiger partial charge in [-0.15, -0.1) is 0 Å². The first-order valence-electron chi connectivity index (χ1n) is 5.18. The first kappa shape index (κ1) is 13.0. The highest BCUT2D eigenvalue weighted by Crippen LogP contribution is 2.22.